The zero-order chi connectivity index (χ0) is 11.9. The molecule has 0 fully saturated rings. The standard InChI is InChI=1S/C12H25NO2/c1-5-7-8-10(6-2)9-13-11(14)12(3,4)15/h10,15H,5-9H2,1-4H3,(H,13,14). The molecule has 1 amide bonds. The van der Waals surface area contributed by atoms with Gasteiger partial charge in [0.2, 0.25) is 0 Å². The summed E-state index contributed by atoms with van der Waals surface area (Å²) in [5.41, 5.74) is -1.26. The van der Waals surface area contributed by atoms with E-state index in [1.54, 1.807) is 0 Å². The molecule has 3 heteroatoms. The van der Waals surface area contributed by atoms with Crippen molar-refractivity contribution >= 4 is 5.91 Å². The Kier molecular flexibility index (Phi) is 6.57. The predicted octanol–water partition coefficient (Wildman–Crippen LogP) is 2.09. The molecule has 0 spiro atoms. The first-order chi connectivity index (χ1) is 6.91. The first kappa shape index (κ1) is 14.4. The Bertz CT molecular complexity index is 185. The lowest BCUT2D eigenvalue weighted by atomic mass is 9.99. The van der Waals surface area contributed by atoms with Gasteiger partial charge in [0.05, 0.1) is 0 Å². The lowest BCUT2D eigenvalue weighted by molar-refractivity contribution is -0.136. The van der Waals surface area contributed by atoms with Gasteiger partial charge in [0.1, 0.15) is 5.60 Å². The molecule has 0 saturated heterocycles. The largest absolute Gasteiger partial charge is 0.381 e. The van der Waals surface area contributed by atoms with Crippen LogP contribution in [0, 0.1) is 5.92 Å². The van der Waals surface area contributed by atoms with E-state index in [2.05, 4.69) is 19.2 Å². The van der Waals surface area contributed by atoms with E-state index in [0.717, 1.165) is 12.8 Å². The van der Waals surface area contributed by atoms with Crippen molar-refractivity contribution in [2.45, 2.75) is 59.0 Å². The molecule has 0 aliphatic rings. The summed E-state index contributed by atoms with van der Waals surface area (Å²) in [6.07, 6.45) is 4.62. The number of amides is 1. The van der Waals surface area contributed by atoms with Crippen molar-refractivity contribution in [3.8, 4) is 0 Å². The molecule has 1 atom stereocenters. The second-order valence-corrected chi connectivity index (χ2v) is 4.69. The zero-order valence-corrected chi connectivity index (χ0v) is 10.5. The van der Waals surface area contributed by atoms with Crippen LogP contribution in [0.4, 0.5) is 0 Å². The molecule has 0 aromatic heterocycles. The number of aliphatic hydroxyl groups is 1. The molecule has 0 bridgehead atoms. The molecule has 0 aromatic carbocycles. The lowest BCUT2D eigenvalue weighted by Crippen LogP contribution is -2.43. The number of nitrogens with one attached hydrogen (secondary N) is 1. The molecule has 0 heterocycles. The Labute approximate surface area is 93.3 Å². The number of unbranched alkanes of at least 4 members (excludes halogenated alkanes) is 1. The van der Waals surface area contributed by atoms with Gasteiger partial charge in [-0.15, -0.1) is 0 Å². The number of carbonyl (C=O) groups excluding carboxylic acids is 1. The highest BCUT2D eigenvalue weighted by Gasteiger charge is 2.23. The van der Waals surface area contributed by atoms with Crippen molar-refractivity contribution in [1.29, 1.82) is 0 Å². The van der Waals surface area contributed by atoms with Crippen LogP contribution in [0.25, 0.3) is 0 Å². The van der Waals surface area contributed by atoms with Crippen LogP contribution < -0.4 is 5.32 Å². The molecular weight excluding hydrogens is 190 g/mol. The average Bonchev–Trinajstić information content (AvgIpc) is 2.16. The molecule has 1 unspecified atom stereocenters. The Hall–Kier alpha value is -0.570. The van der Waals surface area contributed by atoms with Crippen molar-refractivity contribution < 1.29 is 9.90 Å². The third-order valence-electron chi connectivity index (χ3n) is 2.65. The van der Waals surface area contributed by atoms with Gasteiger partial charge in [-0.25, -0.2) is 0 Å². The predicted molar refractivity (Wildman–Crippen MR) is 62.6 cm³/mol. The van der Waals surface area contributed by atoms with Crippen LogP contribution in [0.15, 0.2) is 0 Å². The summed E-state index contributed by atoms with van der Waals surface area (Å²) in [5.74, 6) is 0.258. The molecular formula is C12H25NO2. The molecule has 0 radical (unpaired) electrons. The Morgan fingerprint density at radius 1 is 1.40 bits per heavy atom. The van der Waals surface area contributed by atoms with Crippen molar-refractivity contribution in [2.24, 2.45) is 5.92 Å². The monoisotopic (exact) mass is 215 g/mol. The van der Waals surface area contributed by atoms with Crippen LogP contribution in [0.3, 0.4) is 0 Å². The Morgan fingerprint density at radius 3 is 2.40 bits per heavy atom. The number of rotatable bonds is 7. The first-order valence-corrected chi connectivity index (χ1v) is 5.92. The second kappa shape index (κ2) is 6.83. The minimum atomic E-state index is -1.26. The number of hydrogen-bond donors (Lipinski definition) is 2. The third kappa shape index (κ3) is 6.50. The molecule has 0 aliphatic carbocycles. The fraction of sp³-hybridized carbons (Fsp3) is 0.917. The van der Waals surface area contributed by atoms with Gasteiger partial charge in [0.15, 0.2) is 0 Å². The van der Waals surface area contributed by atoms with Gasteiger partial charge in [-0.3, -0.25) is 4.79 Å². The Morgan fingerprint density at radius 2 is 2.00 bits per heavy atom. The fourth-order valence-corrected chi connectivity index (χ4v) is 1.40. The van der Waals surface area contributed by atoms with Crippen molar-refractivity contribution in [3.05, 3.63) is 0 Å². The minimum Gasteiger partial charge on any atom is -0.381 e. The lowest BCUT2D eigenvalue weighted by Gasteiger charge is -2.20. The topological polar surface area (TPSA) is 49.3 Å². The van der Waals surface area contributed by atoms with Gasteiger partial charge in [0, 0.05) is 6.54 Å². The maximum Gasteiger partial charge on any atom is 0.251 e. The molecule has 3 nitrogen and oxygen atoms in total. The molecule has 0 aliphatic heterocycles. The highest BCUT2D eigenvalue weighted by molar-refractivity contribution is 5.83. The second-order valence-electron chi connectivity index (χ2n) is 4.69. The smallest absolute Gasteiger partial charge is 0.251 e. The van der Waals surface area contributed by atoms with Gasteiger partial charge in [-0.1, -0.05) is 33.1 Å². The van der Waals surface area contributed by atoms with Crippen molar-refractivity contribution in [2.75, 3.05) is 6.54 Å². The molecule has 90 valence electrons. The van der Waals surface area contributed by atoms with Gasteiger partial charge < -0.3 is 10.4 Å². The van der Waals surface area contributed by atoms with E-state index in [1.165, 1.54) is 26.7 Å². The van der Waals surface area contributed by atoms with Crippen LogP contribution in [0.2, 0.25) is 0 Å². The van der Waals surface area contributed by atoms with Crippen LogP contribution in [0.5, 0.6) is 0 Å². The summed E-state index contributed by atoms with van der Waals surface area (Å²) in [7, 11) is 0. The Balaban J connectivity index is 3.85. The molecule has 0 saturated carbocycles. The molecule has 0 rings (SSSR count). The highest BCUT2D eigenvalue weighted by Crippen LogP contribution is 2.11. The third-order valence-corrected chi connectivity index (χ3v) is 2.65. The molecule has 0 aromatic rings. The van der Waals surface area contributed by atoms with E-state index in [-0.39, 0.29) is 5.91 Å². The van der Waals surface area contributed by atoms with Crippen molar-refractivity contribution in [1.82, 2.24) is 5.32 Å². The fourth-order valence-electron chi connectivity index (χ4n) is 1.40. The van der Waals surface area contributed by atoms with Crippen LogP contribution in [-0.4, -0.2) is 23.2 Å². The normalized spacial score (nSPS) is 13.7. The highest BCUT2D eigenvalue weighted by atomic mass is 16.3. The zero-order valence-electron chi connectivity index (χ0n) is 10.5. The number of hydrogen-bond acceptors (Lipinski definition) is 2. The average molecular weight is 215 g/mol. The summed E-state index contributed by atoms with van der Waals surface area (Å²) < 4.78 is 0. The van der Waals surface area contributed by atoms with Gasteiger partial charge in [-0.2, -0.15) is 0 Å². The van der Waals surface area contributed by atoms with Crippen LogP contribution in [0.1, 0.15) is 53.4 Å². The van der Waals surface area contributed by atoms with Gasteiger partial charge in [-0.05, 0) is 26.2 Å². The maximum atomic E-state index is 11.4. The summed E-state index contributed by atoms with van der Waals surface area (Å²) in [5, 5.41) is 12.2. The van der Waals surface area contributed by atoms with E-state index in [1.807, 2.05) is 0 Å². The molecule has 2 N–H and O–H groups in total. The van der Waals surface area contributed by atoms with E-state index in [0.29, 0.717) is 12.5 Å². The maximum absolute atomic E-state index is 11.4. The minimum absolute atomic E-state index is 0.280. The van der Waals surface area contributed by atoms with E-state index >= 15 is 0 Å². The van der Waals surface area contributed by atoms with E-state index in [4.69, 9.17) is 0 Å². The summed E-state index contributed by atoms with van der Waals surface area (Å²) in [4.78, 5) is 11.4. The number of carbonyl (C=O) groups is 1. The summed E-state index contributed by atoms with van der Waals surface area (Å²) in [6, 6.07) is 0. The quantitative estimate of drug-likeness (QED) is 0.683. The van der Waals surface area contributed by atoms with Crippen LogP contribution >= 0.6 is 0 Å². The van der Waals surface area contributed by atoms with E-state index < -0.39 is 5.60 Å². The molecule has 15 heavy (non-hydrogen) atoms. The summed E-state index contributed by atoms with van der Waals surface area (Å²) >= 11 is 0. The van der Waals surface area contributed by atoms with Crippen molar-refractivity contribution in [3.63, 3.8) is 0 Å². The van der Waals surface area contributed by atoms with Gasteiger partial charge in [0.25, 0.3) is 5.91 Å². The van der Waals surface area contributed by atoms with Gasteiger partial charge >= 0.3 is 0 Å². The summed E-state index contributed by atoms with van der Waals surface area (Å²) in [6.45, 7) is 8.00. The van der Waals surface area contributed by atoms with Crippen LogP contribution in [-0.2, 0) is 4.79 Å². The van der Waals surface area contributed by atoms with E-state index in [9.17, 15) is 9.90 Å². The first-order valence-electron chi connectivity index (χ1n) is 5.92. The SMILES string of the molecule is CCCCC(CC)CNC(=O)C(C)(C)O.